The second-order valence-corrected chi connectivity index (χ2v) is 4.16. The van der Waals surface area contributed by atoms with Crippen LogP contribution in [0.25, 0.3) is 0 Å². The van der Waals surface area contributed by atoms with Crippen LogP contribution in [0.15, 0.2) is 0 Å². The molecule has 1 unspecified atom stereocenters. The largest absolute Gasteiger partial charge is 0.378 e. The van der Waals surface area contributed by atoms with Crippen molar-refractivity contribution >= 4 is 0 Å². The van der Waals surface area contributed by atoms with Gasteiger partial charge in [-0.05, 0) is 38.5 Å². The third-order valence-electron chi connectivity index (χ3n) is 2.78. The van der Waals surface area contributed by atoms with Gasteiger partial charge in [0.2, 0.25) is 0 Å². The van der Waals surface area contributed by atoms with E-state index in [-0.39, 0.29) is 0 Å². The molecule has 1 fully saturated rings. The van der Waals surface area contributed by atoms with E-state index in [0.29, 0.717) is 6.10 Å². The molecular formula is C13H24O. The lowest BCUT2D eigenvalue weighted by Gasteiger charge is -2.21. The molecule has 0 aromatic carbocycles. The van der Waals surface area contributed by atoms with Gasteiger partial charge < -0.3 is 4.74 Å². The van der Waals surface area contributed by atoms with Gasteiger partial charge in [0.05, 0.1) is 6.10 Å². The second-order valence-electron chi connectivity index (χ2n) is 4.16. The quantitative estimate of drug-likeness (QED) is 0.560. The molecule has 82 valence electrons. The zero-order valence-electron chi connectivity index (χ0n) is 9.50. The summed E-state index contributed by atoms with van der Waals surface area (Å²) in [5.74, 6) is 0. The minimum absolute atomic E-state index is 0.426. The molecule has 0 N–H and O–H groups in total. The second kappa shape index (κ2) is 8.28. The van der Waals surface area contributed by atoms with Gasteiger partial charge in [-0.3, -0.25) is 0 Å². The average Bonchev–Trinajstić information content (AvgIpc) is 2.25. The lowest BCUT2D eigenvalue weighted by atomic mass is 9.98. The summed E-state index contributed by atoms with van der Waals surface area (Å²) in [6.07, 6.45) is 15.3. The van der Waals surface area contributed by atoms with E-state index in [0.717, 1.165) is 13.0 Å². The fraction of sp³-hybridized carbons (Fsp3) is 0.846. The smallest absolute Gasteiger partial charge is 0.0609 e. The maximum Gasteiger partial charge on any atom is 0.0609 e. The Bertz CT molecular complexity index is 116. The van der Waals surface area contributed by atoms with Crippen LogP contribution < -0.4 is 0 Å². The van der Waals surface area contributed by atoms with E-state index in [1.54, 1.807) is 0 Å². The van der Waals surface area contributed by atoms with Crippen molar-refractivity contribution in [3.8, 4) is 0 Å². The standard InChI is InChI=1S/C13H24O/c1-2-3-4-5-9-12-14-13-10-7-6-8-11-13/h7,11,13H,2-6,8-10,12H2,1H3. The molecule has 0 aromatic heterocycles. The summed E-state index contributed by atoms with van der Waals surface area (Å²) >= 11 is 0. The van der Waals surface area contributed by atoms with Crippen LogP contribution in [0.2, 0.25) is 0 Å². The molecule has 14 heavy (non-hydrogen) atoms. The molecule has 1 aliphatic rings. The predicted molar refractivity (Wildman–Crippen MR) is 61.0 cm³/mol. The minimum atomic E-state index is 0.426. The molecule has 1 aliphatic carbocycles. The van der Waals surface area contributed by atoms with Gasteiger partial charge in [0.25, 0.3) is 0 Å². The van der Waals surface area contributed by atoms with E-state index in [4.69, 9.17) is 4.74 Å². The van der Waals surface area contributed by atoms with Crippen molar-refractivity contribution in [3.63, 3.8) is 0 Å². The van der Waals surface area contributed by atoms with Gasteiger partial charge in [0.1, 0.15) is 0 Å². The van der Waals surface area contributed by atoms with Crippen molar-refractivity contribution in [2.75, 3.05) is 6.61 Å². The molecule has 0 spiro atoms. The average molecular weight is 196 g/mol. The molecular weight excluding hydrogens is 172 g/mol. The van der Waals surface area contributed by atoms with Crippen molar-refractivity contribution in [3.05, 3.63) is 12.8 Å². The fourth-order valence-corrected chi connectivity index (χ4v) is 1.85. The Morgan fingerprint density at radius 3 is 2.71 bits per heavy atom. The Labute approximate surface area is 89.2 Å². The number of hydrogen-bond donors (Lipinski definition) is 0. The zero-order valence-corrected chi connectivity index (χ0v) is 9.50. The van der Waals surface area contributed by atoms with E-state index in [1.165, 1.54) is 44.9 Å². The molecule has 1 nitrogen and oxygen atoms in total. The molecule has 1 rings (SSSR count). The lowest BCUT2D eigenvalue weighted by molar-refractivity contribution is 0.0638. The Morgan fingerprint density at radius 2 is 2.00 bits per heavy atom. The van der Waals surface area contributed by atoms with Crippen LogP contribution in [0, 0.1) is 12.8 Å². The molecule has 1 atom stereocenters. The Hall–Kier alpha value is -0.0400. The van der Waals surface area contributed by atoms with Crippen LogP contribution in [0.3, 0.4) is 0 Å². The van der Waals surface area contributed by atoms with Gasteiger partial charge in [-0.25, -0.2) is 0 Å². The first-order chi connectivity index (χ1) is 6.93. The highest BCUT2D eigenvalue weighted by Gasteiger charge is 2.13. The minimum Gasteiger partial charge on any atom is -0.378 e. The maximum absolute atomic E-state index is 5.78. The number of hydrogen-bond acceptors (Lipinski definition) is 1. The summed E-state index contributed by atoms with van der Waals surface area (Å²) in [7, 11) is 0. The van der Waals surface area contributed by atoms with Crippen LogP contribution in [0.1, 0.15) is 58.3 Å². The maximum atomic E-state index is 5.78. The molecule has 2 radical (unpaired) electrons. The predicted octanol–water partition coefficient (Wildman–Crippen LogP) is 3.93. The number of rotatable bonds is 7. The van der Waals surface area contributed by atoms with Crippen molar-refractivity contribution in [1.29, 1.82) is 0 Å². The van der Waals surface area contributed by atoms with Crippen molar-refractivity contribution < 1.29 is 4.74 Å². The number of unbranched alkanes of at least 4 members (excludes halogenated alkanes) is 4. The van der Waals surface area contributed by atoms with Gasteiger partial charge in [0.15, 0.2) is 0 Å². The van der Waals surface area contributed by atoms with E-state index >= 15 is 0 Å². The summed E-state index contributed by atoms with van der Waals surface area (Å²) in [6.45, 7) is 3.21. The fourth-order valence-electron chi connectivity index (χ4n) is 1.85. The first kappa shape index (κ1) is 12.0. The molecule has 1 heteroatoms. The van der Waals surface area contributed by atoms with Crippen molar-refractivity contribution in [2.45, 2.75) is 64.4 Å². The van der Waals surface area contributed by atoms with E-state index in [9.17, 15) is 0 Å². The zero-order chi connectivity index (χ0) is 10.1. The van der Waals surface area contributed by atoms with Crippen molar-refractivity contribution in [2.24, 2.45) is 0 Å². The number of ether oxygens (including phenoxy) is 1. The van der Waals surface area contributed by atoms with Gasteiger partial charge in [0, 0.05) is 6.61 Å². The summed E-state index contributed by atoms with van der Waals surface area (Å²) in [5, 5.41) is 0. The Kier molecular flexibility index (Phi) is 7.12. The third-order valence-corrected chi connectivity index (χ3v) is 2.78. The van der Waals surface area contributed by atoms with Crippen LogP contribution in [0.4, 0.5) is 0 Å². The van der Waals surface area contributed by atoms with Gasteiger partial charge in [-0.1, -0.05) is 32.6 Å². The van der Waals surface area contributed by atoms with Crippen LogP contribution in [-0.2, 0) is 4.74 Å². The monoisotopic (exact) mass is 196 g/mol. The summed E-state index contributed by atoms with van der Waals surface area (Å²) < 4.78 is 5.78. The topological polar surface area (TPSA) is 9.23 Å². The summed E-state index contributed by atoms with van der Waals surface area (Å²) in [6, 6.07) is 0. The molecule has 0 aromatic rings. The Morgan fingerprint density at radius 1 is 1.14 bits per heavy atom. The molecule has 0 heterocycles. The van der Waals surface area contributed by atoms with Gasteiger partial charge in [-0.2, -0.15) is 0 Å². The van der Waals surface area contributed by atoms with Crippen LogP contribution in [-0.4, -0.2) is 12.7 Å². The molecule has 1 saturated carbocycles. The van der Waals surface area contributed by atoms with Crippen molar-refractivity contribution in [1.82, 2.24) is 0 Å². The molecule has 0 aliphatic heterocycles. The first-order valence-electron chi connectivity index (χ1n) is 6.20. The third kappa shape index (κ3) is 5.64. The SMILES string of the molecule is CCCCCCCOC1[CH]CC[CH]C1. The van der Waals surface area contributed by atoms with Gasteiger partial charge in [-0.15, -0.1) is 0 Å². The van der Waals surface area contributed by atoms with Gasteiger partial charge >= 0.3 is 0 Å². The van der Waals surface area contributed by atoms with E-state index < -0.39 is 0 Å². The van der Waals surface area contributed by atoms with Crippen LogP contribution in [0.5, 0.6) is 0 Å². The highest BCUT2D eigenvalue weighted by molar-refractivity contribution is 4.89. The first-order valence-corrected chi connectivity index (χ1v) is 6.20. The highest BCUT2D eigenvalue weighted by Crippen LogP contribution is 2.18. The summed E-state index contributed by atoms with van der Waals surface area (Å²) in [5.41, 5.74) is 0. The lowest BCUT2D eigenvalue weighted by Crippen LogP contribution is -2.18. The highest BCUT2D eigenvalue weighted by atomic mass is 16.5. The van der Waals surface area contributed by atoms with E-state index in [2.05, 4.69) is 19.8 Å². The molecule has 0 saturated heterocycles. The molecule has 0 amide bonds. The molecule has 0 bridgehead atoms. The van der Waals surface area contributed by atoms with E-state index in [1.807, 2.05) is 0 Å². The Balaban J connectivity index is 1.82. The normalized spacial score (nSPS) is 18.6. The van der Waals surface area contributed by atoms with Crippen LogP contribution >= 0.6 is 0 Å². The summed E-state index contributed by atoms with van der Waals surface area (Å²) in [4.78, 5) is 0.